The lowest BCUT2D eigenvalue weighted by molar-refractivity contribution is 0.0321. The van der Waals surface area contributed by atoms with Crippen molar-refractivity contribution in [3.63, 3.8) is 0 Å². The summed E-state index contributed by atoms with van der Waals surface area (Å²) in [7, 11) is 0. The van der Waals surface area contributed by atoms with Gasteiger partial charge in [-0.1, -0.05) is 12.8 Å². The van der Waals surface area contributed by atoms with Crippen molar-refractivity contribution in [2.75, 3.05) is 6.61 Å². The summed E-state index contributed by atoms with van der Waals surface area (Å²) in [6.07, 6.45) is 5.71. The Labute approximate surface area is 61.9 Å². The smallest absolute Gasteiger partial charge is 0.0648 e. The maximum absolute atomic E-state index is 9.71. The van der Waals surface area contributed by atoms with Crippen LogP contribution < -0.4 is 0 Å². The summed E-state index contributed by atoms with van der Waals surface area (Å²) in [5.74, 6) is 0. The van der Waals surface area contributed by atoms with Gasteiger partial charge in [0.05, 0.1) is 5.60 Å². The van der Waals surface area contributed by atoms with Crippen molar-refractivity contribution in [2.45, 2.75) is 44.1 Å². The monoisotopic (exact) mass is 144 g/mol. The van der Waals surface area contributed by atoms with Gasteiger partial charge in [-0.05, 0) is 25.7 Å². The Morgan fingerprint density at radius 2 is 1.80 bits per heavy atom. The van der Waals surface area contributed by atoms with E-state index in [0.29, 0.717) is 0 Å². The first-order valence-electron chi connectivity index (χ1n) is 4.10. The topological polar surface area (TPSA) is 40.5 Å². The van der Waals surface area contributed by atoms with Gasteiger partial charge < -0.3 is 10.2 Å². The van der Waals surface area contributed by atoms with E-state index in [2.05, 4.69) is 0 Å². The molecule has 10 heavy (non-hydrogen) atoms. The molecule has 0 aromatic rings. The van der Waals surface area contributed by atoms with Crippen LogP contribution in [0.3, 0.4) is 0 Å². The van der Waals surface area contributed by atoms with Gasteiger partial charge in [-0.25, -0.2) is 0 Å². The fourth-order valence-electron chi connectivity index (χ4n) is 1.69. The minimum absolute atomic E-state index is 0.211. The molecule has 0 heterocycles. The van der Waals surface area contributed by atoms with E-state index in [0.717, 1.165) is 38.5 Å². The van der Waals surface area contributed by atoms with Crippen LogP contribution >= 0.6 is 0 Å². The van der Waals surface area contributed by atoms with Gasteiger partial charge in [0.25, 0.3) is 0 Å². The standard InChI is InChI=1S/C8H16O2/c9-7-3-6-8(10)4-1-2-5-8/h9-10H,1-7H2. The highest BCUT2D eigenvalue weighted by atomic mass is 16.3. The van der Waals surface area contributed by atoms with E-state index in [4.69, 9.17) is 5.11 Å². The average molecular weight is 144 g/mol. The van der Waals surface area contributed by atoms with Crippen LogP contribution in [0.4, 0.5) is 0 Å². The molecule has 0 atom stereocenters. The molecule has 2 N–H and O–H groups in total. The lowest BCUT2D eigenvalue weighted by Crippen LogP contribution is -2.23. The number of rotatable bonds is 3. The normalized spacial score (nSPS) is 23.4. The molecule has 2 heteroatoms. The molecule has 0 aliphatic heterocycles. The van der Waals surface area contributed by atoms with Crippen molar-refractivity contribution in [3.05, 3.63) is 0 Å². The third-order valence-corrected chi connectivity index (χ3v) is 2.33. The van der Waals surface area contributed by atoms with Gasteiger partial charge in [0.2, 0.25) is 0 Å². The van der Waals surface area contributed by atoms with Crippen molar-refractivity contribution in [1.29, 1.82) is 0 Å². The van der Waals surface area contributed by atoms with Gasteiger partial charge in [0.1, 0.15) is 0 Å². The molecule has 0 aromatic carbocycles. The first kappa shape index (κ1) is 8.02. The van der Waals surface area contributed by atoms with E-state index >= 15 is 0 Å². The maximum Gasteiger partial charge on any atom is 0.0648 e. The molecule has 1 fully saturated rings. The lowest BCUT2D eigenvalue weighted by atomic mass is 9.96. The van der Waals surface area contributed by atoms with Crippen molar-refractivity contribution in [3.8, 4) is 0 Å². The van der Waals surface area contributed by atoms with Crippen LogP contribution in [0.1, 0.15) is 38.5 Å². The lowest BCUT2D eigenvalue weighted by Gasteiger charge is -2.20. The van der Waals surface area contributed by atoms with Gasteiger partial charge in [0, 0.05) is 6.61 Å². The van der Waals surface area contributed by atoms with Gasteiger partial charge in [-0.3, -0.25) is 0 Å². The highest BCUT2D eigenvalue weighted by Gasteiger charge is 2.29. The fraction of sp³-hybridized carbons (Fsp3) is 1.00. The third-order valence-electron chi connectivity index (χ3n) is 2.33. The van der Waals surface area contributed by atoms with Crippen LogP contribution in [0.25, 0.3) is 0 Å². The second-order valence-corrected chi connectivity index (χ2v) is 3.26. The minimum atomic E-state index is -0.414. The van der Waals surface area contributed by atoms with Crippen LogP contribution in [0.15, 0.2) is 0 Å². The SMILES string of the molecule is OCCCC1(O)CCCC1. The Morgan fingerprint density at radius 1 is 1.20 bits per heavy atom. The molecule has 0 unspecified atom stereocenters. The Kier molecular flexibility index (Phi) is 2.69. The molecule has 1 aliphatic carbocycles. The van der Waals surface area contributed by atoms with Gasteiger partial charge in [-0.2, -0.15) is 0 Å². The molecule has 1 saturated carbocycles. The Balaban J connectivity index is 2.22. The summed E-state index contributed by atoms with van der Waals surface area (Å²) in [6, 6.07) is 0. The van der Waals surface area contributed by atoms with E-state index in [1.54, 1.807) is 0 Å². The fourth-order valence-corrected chi connectivity index (χ4v) is 1.69. The molecular formula is C8H16O2. The number of hydrogen-bond acceptors (Lipinski definition) is 2. The molecule has 2 nitrogen and oxygen atoms in total. The summed E-state index contributed by atoms with van der Waals surface area (Å²) in [5, 5.41) is 18.2. The zero-order valence-electron chi connectivity index (χ0n) is 6.34. The van der Waals surface area contributed by atoms with E-state index < -0.39 is 5.60 Å². The summed E-state index contributed by atoms with van der Waals surface area (Å²) < 4.78 is 0. The van der Waals surface area contributed by atoms with E-state index in [9.17, 15) is 5.11 Å². The number of aliphatic hydroxyl groups excluding tert-OH is 1. The van der Waals surface area contributed by atoms with E-state index in [1.807, 2.05) is 0 Å². The highest BCUT2D eigenvalue weighted by molar-refractivity contribution is 4.83. The molecule has 0 amide bonds. The Bertz CT molecular complexity index is 95.4. The summed E-state index contributed by atoms with van der Waals surface area (Å²) >= 11 is 0. The molecule has 0 radical (unpaired) electrons. The molecule has 1 aliphatic rings. The van der Waals surface area contributed by atoms with Gasteiger partial charge >= 0.3 is 0 Å². The zero-order valence-corrected chi connectivity index (χ0v) is 6.34. The van der Waals surface area contributed by atoms with Crippen LogP contribution in [-0.2, 0) is 0 Å². The van der Waals surface area contributed by atoms with E-state index in [1.165, 1.54) is 0 Å². The third kappa shape index (κ3) is 1.96. The first-order valence-corrected chi connectivity index (χ1v) is 4.10. The summed E-state index contributed by atoms with van der Waals surface area (Å²) in [5.41, 5.74) is -0.414. The Hall–Kier alpha value is -0.0800. The predicted octanol–water partition coefficient (Wildman–Crippen LogP) is 1.06. The Morgan fingerprint density at radius 3 is 2.30 bits per heavy atom. The van der Waals surface area contributed by atoms with Gasteiger partial charge in [-0.15, -0.1) is 0 Å². The second-order valence-electron chi connectivity index (χ2n) is 3.26. The molecule has 0 aromatic heterocycles. The predicted molar refractivity (Wildman–Crippen MR) is 39.7 cm³/mol. The van der Waals surface area contributed by atoms with Crippen LogP contribution in [0.5, 0.6) is 0 Å². The van der Waals surface area contributed by atoms with Crippen LogP contribution in [-0.4, -0.2) is 22.4 Å². The summed E-state index contributed by atoms with van der Waals surface area (Å²) in [6.45, 7) is 0.211. The van der Waals surface area contributed by atoms with Crippen molar-refractivity contribution in [2.24, 2.45) is 0 Å². The average Bonchev–Trinajstić information content (AvgIpc) is 2.33. The molecular weight excluding hydrogens is 128 g/mol. The molecule has 60 valence electrons. The largest absolute Gasteiger partial charge is 0.396 e. The second kappa shape index (κ2) is 3.35. The van der Waals surface area contributed by atoms with E-state index in [-0.39, 0.29) is 6.61 Å². The molecule has 0 saturated heterocycles. The zero-order chi connectivity index (χ0) is 7.45. The summed E-state index contributed by atoms with van der Waals surface area (Å²) in [4.78, 5) is 0. The maximum atomic E-state index is 9.71. The quantitative estimate of drug-likeness (QED) is 0.622. The van der Waals surface area contributed by atoms with Crippen LogP contribution in [0, 0.1) is 0 Å². The van der Waals surface area contributed by atoms with Crippen molar-refractivity contribution in [1.82, 2.24) is 0 Å². The molecule has 1 rings (SSSR count). The molecule has 0 bridgehead atoms. The van der Waals surface area contributed by atoms with Crippen molar-refractivity contribution >= 4 is 0 Å². The number of aliphatic hydroxyl groups is 2. The first-order chi connectivity index (χ1) is 4.77. The molecule has 0 spiro atoms. The number of hydrogen-bond donors (Lipinski definition) is 2. The minimum Gasteiger partial charge on any atom is -0.396 e. The van der Waals surface area contributed by atoms with Gasteiger partial charge in [0.15, 0.2) is 0 Å². The van der Waals surface area contributed by atoms with Crippen molar-refractivity contribution < 1.29 is 10.2 Å². The highest BCUT2D eigenvalue weighted by Crippen LogP contribution is 2.32. The van der Waals surface area contributed by atoms with Crippen LogP contribution in [0.2, 0.25) is 0 Å².